The number of nitrogens with one attached hydrogen (secondary N) is 1. The molecule has 0 saturated heterocycles. The van der Waals surface area contributed by atoms with E-state index < -0.39 is 0 Å². The minimum Gasteiger partial charge on any atom is -0.457 e. The summed E-state index contributed by atoms with van der Waals surface area (Å²) in [5.74, 6) is -0.224. The number of allylic oxidation sites excluding steroid dienone is 1. The Kier molecular flexibility index (Phi) is 5.47. The lowest BCUT2D eigenvalue weighted by molar-refractivity contribution is -0.144. The molecular weight excluding hydrogens is 142 g/mol. The molecule has 0 aromatic carbocycles. The first-order valence-corrected chi connectivity index (χ1v) is 3.67. The van der Waals surface area contributed by atoms with Crippen LogP contribution in [0.25, 0.3) is 0 Å². The minimum atomic E-state index is -0.224. The number of hydrogen-bond acceptors (Lipinski definition) is 3. The highest BCUT2D eigenvalue weighted by Crippen LogP contribution is 1.92. The average Bonchev–Trinajstić information content (AvgIpc) is 1.87. The topological polar surface area (TPSA) is 38.3 Å². The van der Waals surface area contributed by atoms with Gasteiger partial charge in [-0.3, -0.25) is 4.79 Å². The second-order valence-electron chi connectivity index (χ2n) is 2.25. The van der Waals surface area contributed by atoms with Crippen LogP contribution in [0.5, 0.6) is 0 Å². The molecule has 3 nitrogen and oxygen atoms in total. The van der Waals surface area contributed by atoms with Crippen LogP contribution >= 0.6 is 0 Å². The van der Waals surface area contributed by atoms with Gasteiger partial charge in [0.05, 0.1) is 6.54 Å². The molecule has 1 unspecified atom stereocenters. The van der Waals surface area contributed by atoms with Crippen LogP contribution in [0.3, 0.4) is 0 Å². The van der Waals surface area contributed by atoms with Gasteiger partial charge in [0.2, 0.25) is 0 Å². The normalized spacial score (nSPS) is 13.4. The van der Waals surface area contributed by atoms with Crippen LogP contribution in [0.2, 0.25) is 0 Å². The summed E-state index contributed by atoms with van der Waals surface area (Å²) in [6.45, 7) is 3.98. The Hall–Kier alpha value is -0.830. The van der Waals surface area contributed by atoms with Crippen molar-refractivity contribution in [3.05, 3.63) is 12.2 Å². The summed E-state index contributed by atoms with van der Waals surface area (Å²) in [7, 11) is 1.71. The Labute approximate surface area is 67.4 Å². The van der Waals surface area contributed by atoms with Gasteiger partial charge in [-0.15, -0.1) is 0 Å². The maximum atomic E-state index is 10.8. The van der Waals surface area contributed by atoms with E-state index >= 15 is 0 Å². The molecular formula is C8H15NO2. The Morgan fingerprint density at radius 3 is 2.82 bits per heavy atom. The van der Waals surface area contributed by atoms with Crippen molar-refractivity contribution >= 4 is 5.97 Å². The second kappa shape index (κ2) is 5.92. The third-order valence-electron chi connectivity index (χ3n) is 1.10. The molecule has 0 bridgehead atoms. The van der Waals surface area contributed by atoms with Crippen molar-refractivity contribution in [3.63, 3.8) is 0 Å². The summed E-state index contributed by atoms with van der Waals surface area (Å²) >= 11 is 0. The SMILES string of the molecule is C/C=C/C(C)OC(=O)CNC. The van der Waals surface area contributed by atoms with Crippen LogP contribution in [-0.4, -0.2) is 25.7 Å². The molecule has 0 aromatic rings. The van der Waals surface area contributed by atoms with Gasteiger partial charge >= 0.3 is 5.97 Å². The Bertz CT molecular complexity index is 143. The Balaban J connectivity index is 3.57. The lowest BCUT2D eigenvalue weighted by Gasteiger charge is -2.07. The summed E-state index contributed by atoms with van der Waals surface area (Å²) in [6.07, 6.45) is 3.56. The first-order valence-electron chi connectivity index (χ1n) is 3.67. The zero-order valence-electron chi connectivity index (χ0n) is 7.26. The fourth-order valence-corrected chi connectivity index (χ4v) is 0.704. The number of likely N-dealkylation sites (N-methyl/N-ethyl adjacent to an activating group) is 1. The Morgan fingerprint density at radius 1 is 1.73 bits per heavy atom. The van der Waals surface area contributed by atoms with E-state index in [1.165, 1.54) is 0 Å². The van der Waals surface area contributed by atoms with E-state index in [1.807, 2.05) is 26.0 Å². The predicted octanol–water partition coefficient (Wildman–Crippen LogP) is 0.714. The van der Waals surface area contributed by atoms with Crippen LogP contribution in [0.15, 0.2) is 12.2 Å². The third-order valence-corrected chi connectivity index (χ3v) is 1.10. The molecule has 0 aliphatic heterocycles. The maximum Gasteiger partial charge on any atom is 0.320 e. The van der Waals surface area contributed by atoms with Crippen LogP contribution in [0.1, 0.15) is 13.8 Å². The monoisotopic (exact) mass is 157 g/mol. The first-order chi connectivity index (χ1) is 5.20. The fourth-order valence-electron chi connectivity index (χ4n) is 0.704. The smallest absolute Gasteiger partial charge is 0.320 e. The molecule has 0 rings (SSSR count). The molecule has 0 aliphatic carbocycles. The quantitative estimate of drug-likeness (QED) is 0.482. The van der Waals surface area contributed by atoms with Crippen molar-refractivity contribution in [3.8, 4) is 0 Å². The number of ether oxygens (including phenoxy) is 1. The summed E-state index contributed by atoms with van der Waals surface area (Å²) in [5.41, 5.74) is 0. The van der Waals surface area contributed by atoms with E-state index in [4.69, 9.17) is 4.74 Å². The van der Waals surface area contributed by atoms with E-state index in [9.17, 15) is 4.79 Å². The van der Waals surface area contributed by atoms with Crippen LogP contribution in [-0.2, 0) is 9.53 Å². The highest BCUT2D eigenvalue weighted by Gasteiger charge is 2.03. The highest BCUT2D eigenvalue weighted by atomic mass is 16.5. The van der Waals surface area contributed by atoms with Crippen LogP contribution in [0, 0.1) is 0 Å². The van der Waals surface area contributed by atoms with Crippen LogP contribution in [0.4, 0.5) is 0 Å². The first kappa shape index (κ1) is 10.2. The third kappa shape index (κ3) is 5.61. The van der Waals surface area contributed by atoms with Crippen molar-refractivity contribution in [2.45, 2.75) is 20.0 Å². The molecule has 0 amide bonds. The fraction of sp³-hybridized carbons (Fsp3) is 0.625. The summed E-state index contributed by atoms with van der Waals surface area (Å²) < 4.78 is 4.94. The van der Waals surface area contributed by atoms with Crippen LogP contribution < -0.4 is 5.32 Å². The van der Waals surface area contributed by atoms with Crippen molar-refractivity contribution in [2.24, 2.45) is 0 Å². The van der Waals surface area contributed by atoms with E-state index in [1.54, 1.807) is 7.05 Å². The van der Waals surface area contributed by atoms with Gasteiger partial charge in [0.1, 0.15) is 6.10 Å². The Morgan fingerprint density at radius 2 is 2.36 bits per heavy atom. The molecule has 1 atom stereocenters. The maximum absolute atomic E-state index is 10.8. The zero-order chi connectivity index (χ0) is 8.69. The van der Waals surface area contributed by atoms with Gasteiger partial charge in [0.15, 0.2) is 0 Å². The van der Waals surface area contributed by atoms with Crippen molar-refractivity contribution < 1.29 is 9.53 Å². The average molecular weight is 157 g/mol. The number of rotatable bonds is 4. The molecule has 0 fully saturated rings. The molecule has 0 spiro atoms. The molecule has 1 N–H and O–H groups in total. The summed E-state index contributed by atoms with van der Waals surface area (Å²) in [5, 5.41) is 2.72. The van der Waals surface area contributed by atoms with Gasteiger partial charge in [-0.1, -0.05) is 6.08 Å². The largest absolute Gasteiger partial charge is 0.457 e. The molecule has 0 saturated carbocycles. The molecule has 0 heterocycles. The van der Waals surface area contributed by atoms with Gasteiger partial charge < -0.3 is 10.1 Å². The van der Waals surface area contributed by atoms with Gasteiger partial charge in [0, 0.05) is 0 Å². The molecule has 0 radical (unpaired) electrons. The summed E-state index contributed by atoms with van der Waals surface area (Å²) in [4.78, 5) is 10.8. The molecule has 0 aromatic heterocycles. The lowest BCUT2D eigenvalue weighted by Crippen LogP contribution is -2.23. The van der Waals surface area contributed by atoms with Gasteiger partial charge in [-0.05, 0) is 27.0 Å². The summed E-state index contributed by atoms with van der Waals surface area (Å²) in [6, 6.07) is 0. The predicted molar refractivity (Wildman–Crippen MR) is 44.3 cm³/mol. The molecule has 0 aliphatic rings. The standard InChI is InChI=1S/C8H15NO2/c1-4-5-7(2)11-8(10)6-9-3/h4-5,7,9H,6H2,1-3H3/b5-4+. The highest BCUT2D eigenvalue weighted by molar-refractivity contribution is 5.71. The van der Waals surface area contributed by atoms with Gasteiger partial charge in [-0.25, -0.2) is 0 Å². The van der Waals surface area contributed by atoms with E-state index in [-0.39, 0.29) is 18.6 Å². The van der Waals surface area contributed by atoms with E-state index in [0.29, 0.717) is 0 Å². The number of carbonyl (C=O) groups is 1. The van der Waals surface area contributed by atoms with E-state index in [0.717, 1.165) is 0 Å². The molecule has 64 valence electrons. The van der Waals surface area contributed by atoms with Gasteiger partial charge in [-0.2, -0.15) is 0 Å². The number of hydrogen-bond donors (Lipinski definition) is 1. The lowest BCUT2D eigenvalue weighted by atomic mass is 10.3. The number of carbonyl (C=O) groups excluding carboxylic acids is 1. The van der Waals surface area contributed by atoms with Gasteiger partial charge in [0.25, 0.3) is 0 Å². The van der Waals surface area contributed by atoms with E-state index in [2.05, 4.69) is 5.32 Å². The second-order valence-corrected chi connectivity index (χ2v) is 2.25. The zero-order valence-corrected chi connectivity index (χ0v) is 7.26. The van der Waals surface area contributed by atoms with Crippen molar-refractivity contribution in [2.75, 3.05) is 13.6 Å². The van der Waals surface area contributed by atoms with Crippen molar-refractivity contribution in [1.29, 1.82) is 0 Å². The number of esters is 1. The minimum absolute atomic E-state index is 0.124. The van der Waals surface area contributed by atoms with Crippen molar-refractivity contribution in [1.82, 2.24) is 5.32 Å². The molecule has 11 heavy (non-hydrogen) atoms. The molecule has 3 heteroatoms.